The van der Waals surface area contributed by atoms with E-state index in [-0.39, 0.29) is 46.1 Å². The lowest BCUT2D eigenvalue weighted by atomic mass is 9.95. The first-order valence-corrected chi connectivity index (χ1v) is 20.5. The van der Waals surface area contributed by atoms with E-state index in [9.17, 15) is 9.18 Å². The summed E-state index contributed by atoms with van der Waals surface area (Å²) in [4.78, 5) is 36.0. The standard InChI is InChI=1S/C43H48F3N7O4/c1-2-32-35(45)9-8-28-22-31(57-42(54)52-17-10-30(11-18-52)50-13-4-3-5-14-50)23-33(36(28)32)38-37(46)39-34(25-47-38)40(51-15-7-20-55-21-19-51)49-41(48-39)56-27-43-12-6-16-53(43)26-29(44)24-43/h1,8-9,22-23,25,29-30H,3-7,10-21,24,26-27H2/t29-,43+/m1/s1. The Bertz CT molecular complexity index is 2200. The number of ether oxygens (including phenoxy) is 3. The summed E-state index contributed by atoms with van der Waals surface area (Å²) >= 11 is 0. The van der Waals surface area contributed by atoms with Crippen molar-refractivity contribution in [3.05, 3.63) is 47.7 Å². The van der Waals surface area contributed by atoms with Gasteiger partial charge in [0.15, 0.2) is 5.82 Å². The van der Waals surface area contributed by atoms with Crippen LogP contribution in [-0.4, -0.2) is 126 Å². The largest absolute Gasteiger partial charge is 0.461 e. The van der Waals surface area contributed by atoms with Crippen LogP contribution in [0.25, 0.3) is 32.9 Å². The van der Waals surface area contributed by atoms with Crippen LogP contribution in [0.5, 0.6) is 11.8 Å². The van der Waals surface area contributed by atoms with E-state index >= 15 is 8.78 Å². The molecule has 57 heavy (non-hydrogen) atoms. The topological polar surface area (TPSA) is 96.4 Å². The Kier molecular flexibility index (Phi) is 10.6. The third-order valence-corrected chi connectivity index (χ3v) is 12.7. The van der Waals surface area contributed by atoms with Gasteiger partial charge < -0.3 is 28.9 Å². The van der Waals surface area contributed by atoms with Gasteiger partial charge in [-0.2, -0.15) is 9.97 Å². The number of alkyl halides is 1. The maximum atomic E-state index is 17.3. The van der Waals surface area contributed by atoms with Gasteiger partial charge >= 0.3 is 12.1 Å². The Hall–Kier alpha value is -4.71. The van der Waals surface area contributed by atoms with Gasteiger partial charge in [0.25, 0.3) is 0 Å². The summed E-state index contributed by atoms with van der Waals surface area (Å²) in [5.41, 5.74) is -0.585. The molecule has 5 fully saturated rings. The first-order valence-electron chi connectivity index (χ1n) is 20.5. The average molecular weight is 784 g/mol. The minimum absolute atomic E-state index is 0.0331. The second-order valence-electron chi connectivity index (χ2n) is 16.1. The third kappa shape index (κ3) is 7.34. The maximum Gasteiger partial charge on any atom is 0.415 e. The lowest BCUT2D eigenvalue weighted by Gasteiger charge is -2.39. The van der Waals surface area contributed by atoms with Crippen LogP contribution < -0.4 is 14.4 Å². The van der Waals surface area contributed by atoms with Crippen LogP contribution in [0, 0.1) is 24.0 Å². The molecule has 4 aromatic rings. The molecule has 7 heterocycles. The minimum Gasteiger partial charge on any atom is -0.461 e. The summed E-state index contributed by atoms with van der Waals surface area (Å²) in [5.74, 6) is 1.58. The summed E-state index contributed by atoms with van der Waals surface area (Å²) < 4.78 is 65.2. The maximum absolute atomic E-state index is 17.3. The van der Waals surface area contributed by atoms with E-state index in [0.29, 0.717) is 75.0 Å². The van der Waals surface area contributed by atoms with Gasteiger partial charge in [-0.1, -0.05) is 18.4 Å². The molecule has 0 spiro atoms. The van der Waals surface area contributed by atoms with Crippen molar-refractivity contribution in [2.75, 3.05) is 77.1 Å². The van der Waals surface area contributed by atoms with Crippen molar-refractivity contribution in [2.24, 2.45) is 0 Å². The molecule has 0 aliphatic carbocycles. The summed E-state index contributed by atoms with van der Waals surface area (Å²) in [7, 11) is 0. The van der Waals surface area contributed by atoms with E-state index in [1.807, 2.05) is 4.90 Å². The number of hydrogen-bond donors (Lipinski definition) is 0. The number of fused-ring (bicyclic) bond motifs is 3. The molecule has 9 rings (SSSR count). The second kappa shape index (κ2) is 15.9. The van der Waals surface area contributed by atoms with Crippen molar-refractivity contribution >= 4 is 33.6 Å². The number of rotatable bonds is 7. The van der Waals surface area contributed by atoms with Crippen molar-refractivity contribution in [1.82, 2.24) is 29.7 Å². The average Bonchev–Trinajstić information content (AvgIpc) is 3.61. The normalized spacial score (nSPS) is 23.8. The number of anilines is 1. The van der Waals surface area contributed by atoms with E-state index in [1.165, 1.54) is 43.7 Å². The molecule has 2 atom stereocenters. The SMILES string of the molecule is C#Cc1c(F)ccc2cc(OC(=O)N3CCC(N4CCCCC4)CC3)cc(-c3ncc4c(N5CCCOCC5)nc(OC[C@@]56CCCN5C[C@H](F)C6)nc4c3F)c12. The van der Waals surface area contributed by atoms with Gasteiger partial charge in [-0.25, -0.2) is 18.0 Å². The van der Waals surface area contributed by atoms with Crippen molar-refractivity contribution in [3.63, 3.8) is 0 Å². The summed E-state index contributed by atoms with van der Waals surface area (Å²) in [5, 5.41) is 1.07. The molecule has 0 saturated carbocycles. The molecular formula is C43H48F3N7O4. The van der Waals surface area contributed by atoms with Crippen LogP contribution in [-0.2, 0) is 4.74 Å². The lowest BCUT2D eigenvalue weighted by molar-refractivity contribution is 0.0878. The monoisotopic (exact) mass is 783 g/mol. The molecule has 1 amide bonds. The van der Waals surface area contributed by atoms with Gasteiger partial charge in [0.1, 0.15) is 41.4 Å². The summed E-state index contributed by atoms with van der Waals surface area (Å²) in [6.45, 7) is 6.82. The number of likely N-dealkylation sites (tertiary alicyclic amines) is 2. The van der Waals surface area contributed by atoms with Gasteiger partial charge in [-0.15, -0.1) is 6.42 Å². The zero-order chi connectivity index (χ0) is 39.1. The smallest absolute Gasteiger partial charge is 0.415 e. The van der Waals surface area contributed by atoms with Crippen molar-refractivity contribution in [2.45, 2.75) is 75.5 Å². The molecule has 0 bridgehead atoms. The van der Waals surface area contributed by atoms with Crippen molar-refractivity contribution < 1.29 is 32.2 Å². The highest BCUT2D eigenvalue weighted by molar-refractivity contribution is 6.03. The van der Waals surface area contributed by atoms with E-state index in [4.69, 9.17) is 25.6 Å². The zero-order valence-electron chi connectivity index (χ0n) is 32.2. The Morgan fingerprint density at radius 2 is 1.82 bits per heavy atom. The number of piperidine rings is 2. The van der Waals surface area contributed by atoms with E-state index in [1.54, 1.807) is 11.0 Å². The second-order valence-corrected chi connectivity index (χ2v) is 16.1. The zero-order valence-corrected chi connectivity index (χ0v) is 32.2. The number of terminal acetylenes is 1. The van der Waals surface area contributed by atoms with Crippen molar-refractivity contribution in [3.8, 4) is 35.4 Å². The molecule has 0 radical (unpaired) electrons. The molecule has 14 heteroatoms. The van der Waals surface area contributed by atoms with Crippen LogP contribution in [0.4, 0.5) is 23.8 Å². The Balaban J connectivity index is 1.08. The summed E-state index contributed by atoms with van der Waals surface area (Å²) in [6.07, 6.45) is 14.2. The minimum atomic E-state index is -0.940. The number of amides is 1. The third-order valence-electron chi connectivity index (χ3n) is 12.7. The number of pyridine rings is 1. The molecule has 0 unspecified atom stereocenters. The van der Waals surface area contributed by atoms with E-state index < -0.39 is 29.4 Å². The van der Waals surface area contributed by atoms with Crippen LogP contribution in [0.2, 0.25) is 0 Å². The lowest BCUT2D eigenvalue weighted by Crippen LogP contribution is -2.48. The van der Waals surface area contributed by atoms with Gasteiger partial charge in [-0.05, 0) is 88.2 Å². The molecule has 11 nitrogen and oxygen atoms in total. The molecule has 5 saturated heterocycles. The van der Waals surface area contributed by atoms with E-state index in [0.717, 1.165) is 51.7 Å². The highest BCUT2D eigenvalue weighted by Gasteiger charge is 2.49. The number of carbonyl (C=O) groups is 1. The van der Waals surface area contributed by atoms with Crippen LogP contribution >= 0.6 is 0 Å². The highest BCUT2D eigenvalue weighted by atomic mass is 19.1. The fourth-order valence-electron chi connectivity index (χ4n) is 9.78. The fourth-order valence-corrected chi connectivity index (χ4v) is 9.78. The molecule has 0 N–H and O–H groups in total. The molecule has 2 aromatic heterocycles. The number of aromatic nitrogens is 3. The predicted molar refractivity (Wildman–Crippen MR) is 210 cm³/mol. The van der Waals surface area contributed by atoms with Crippen LogP contribution in [0.1, 0.15) is 63.4 Å². The number of benzene rings is 2. The Labute approximate surface area is 330 Å². The van der Waals surface area contributed by atoms with Crippen LogP contribution in [0.3, 0.4) is 0 Å². The Morgan fingerprint density at radius 3 is 2.65 bits per heavy atom. The first kappa shape index (κ1) is 37.8. The first-order chi connectivity index (χ1) is 27.8. The number of carbonyl (C=O) groups excluding carboxylic acids is 1. The highest BCUT2D eigenvalue weighted by Crippen LogP contribution is 2.42. The predicted octanol–water partition coefficient (Wildman–Crippen LogP) is 6.74. The van der Waals surface area contributed by atoms with Crippen LogP contribution in [0.15, 0.2) is 30.5 Å². The molecule has 5 aliphatic heterocycles. The van der Waals surface area contributed by atoms with Gasteiger partial charge in [-0.3, -0.25) is 9.88 Å². The van der Waals surface area contributed by atoms with Gasteiger partial charge in [0.2, 0.25) is 0 Å². The van der Waals surface area contributed by atoms with Crippen molar-refractivity contribution in [1.29, 1.82) is 0 Å². The number of halogens is 3. The molecule has 300 valence electrons. The molecular weight excluding hydrogens is 736 g/mol. The number of hydrogen-bond acceptors (Lipinski definition) is 10. The molecule has 5 aliphatic rings. The number of nitrogens with zero attached hydrogens (tertiary/aromatic N) is 7. The molecule has 2 aromatic carbocycles. The van der Waals surface area contributed by atoms with Gasteiger partial charge in [0.05, 0.1) is 23.1 Å². The quantitative estimate of drug-likeness (QED) is 0.188. The fraction of sp³-hybridized carbons (Fsp3) is 0.535. The van der Waals surface area contributed by atoms with Gasteiger partial charge in [0, 0.05) is 68.9 Å². The summed E-state index contributed by atoms with van der Waals surface area (Å²) in [6, 6.07) is 6.29. The Morgan fingerprint density at radius 1 is 0.982 bits per heavy atom. The van der Waals surface area contributed by atoms with E-state index in [2.05, 4.69) is 25.7 Å².